The fourth-order valence-electron chi connectivity index (χ4n) is 3.00. The first-order valence-corrected chi connectivity index (χ1v) is 6.88. The van der Waals surface area contributed by atoms with Gasteiger partial charge in [0.25, 0.3) is 0 Å². The second-order valence-corrected chi connectivity index (χ2v) is 5.29. The van der Waals surface area contributed by atoms with Crippen LogP contribution in [-0.4, -0.2) is 4.98 Å². The highest BCUT2D eigenvalue weighted by molar-refractivity contribution is 6.31. The molecule has 1 heterocycles. The van der Waals surface area contributed by atoms with Crippen molar-refractivity contribution in [1.82, 2.24) is 4.98 Å². The Morgan fingerprint density at radius 3 is 2.63 bits per heavy atom. The lowest BCUT2D eigenvalue weighted by molar-refractivity contribution is 0.937. The van der Waals surface area contributed by atoms with Crippen molar-refractivity contribution in [2.24, 2.45) is 0 Å². The highest BCUT2D eigenvalue weighted by Gasteiger charge is 2.21. The molecule has 2 heteroatoms. The molecule has 19 heavy (non-hydrogen) atoms. The SMILES string of the molecule is Clc1nc2ccccc2c2c1CCc1ccccc1-2. The van der Waals surface area contributed by atoms with Gasteiger partial charge in [0, 0.05) is 5.39 Å². The number of pyridine rings is 1. The molecular formula is C17H12ClN. The topological polar surface area (TPSA) is 12.9 Å². The molecule has 0 unspecified atom stereocenters. The summed E-state index contributed by atoms with van der Waals surface area (Å²) in [5, 5.41) is 1.86. The van der Waals surface area contributed by atoms with E-state index in [9.17, 15) is 0 Å². The highest BCUT2D eigenvalue weighted by Crippen LogP contribution is 2.40. The molecule has 0 amide bonds. The van der Waals surface area contributed by atoms with Gasteiger partial charge in [-0.3, -0.25) is 0 Å². The van der Waals surface area contributed by atoms with E-state index in [4.69, 9.17) is 11.6 Å². The van der Waals surface area contributed by atoms with Crippen molar-refractivity contribution in [2.45, 2.75) is 12.8 Å². The van der Waals surface area contributed by atoms with Gasteiger partial charge in [0.05, 0.1) is 5.52 Å². The third kappa shape index (κ3) is 1.58. The van der Waals surface area contributed by atoms with Crippen molar-refractivity contribution in [3.8, 4) is 11.1 Å². The van der Waals surface area contributed by atoms with Crippen LogP contribution in [0.2, 0.25) is 5.15 Å². The maximum atomic E-state index is 6.38. The molecule has 3 aromatic rings. The third-order valence-electron chi connectivity index (χ3n) is 3.87. The molecule has 0 radical (unpaired) electrons. The molecule has 2 aromatic carbocycles. The van der Waals surface area contributed by atoms with Crippen LogP contribution in [0.3, 0.4) is 0 Å². The van der Waals surface area contributed by atoms with Gasteiger partial charge < -0.3 is 0 Å². The molecule has 0 saturated carbocycles. The van der Waals surface area contributed by atoms with E-state index in [2.05, 4.69) is 41.4 Å². The monoisotopic (exact) mass is 265 g/mol. The summed E-state index contributed by atoms with van der Waals surface area (Å²) in [6, 6.07) is 16.8. The van der Waals surface area contributed by atoms with Crippen LogP contribution >= 0.6 is 11.6 Å². The minimum Gasteiger partial charge on any atom is -0.236 e. The first kappa shape index (κ1) is 11.0. The van der Waals surface area contributed by atoms with Crippen LogP contribution in [0.15, 0.2) is 48.5 Å². The van der Waals surface area contributed by atoms with Gasteiger partial charge in [0.2, 0.25) is 0 Å². The van der Waals surface area contributed by atoms with E-state index in [-0.39, 0.29) is 0 Å². The standard InChI is InChI=1S/C17H12ClN/c18-17-14-10-9-11-5-1-2-6-12(11)16(14)13-7-3-4-8-15(13)19-17/h1-8H,9-10H2. The van der Waals surface area contributed by atoms with E-state index in [1.165, 1.54) is 27.6 Å². The van der Waals surface area contributed by atoms with Gasteiger partial charge in [-0.1, -0.05) is 54.1 Å². The van der Waals surface area contributed by atoms with Gasteiger partial charge >= 0.3 is 0 Å². The quantitative estimate of drug-likeness (QED) is 0.539. The summed E-state index contributed by atoms with van der Waals surface area (Å²) in [6.07, 6.45) is 2.02. The van der Waals surface area contributed by atoms with Crippen LogP contribution in [0.1, 0.15) is 11.1 Å². The first-order chi connectivity index (χ1) is 9.34. The van der Waals surface area contributed by atoms with Gasteiger partial charge in [-0.25, -0.2) is 4.98 Å². The maximum Gasteiger partial charge on any atom is 0.133 e. The Morgan fingerprint density at radius 1 is 0.895 bits per heavy atom. The minimum absolute atomic E-state index is 0.656. The molecule has 1 aliphatic carbocycles. The number of hydrogen-bond acceptors (Lipinski definition) is 1. The third-order valence-corrected chi connectivity index (χ3v) is 4.19. The number of aryl methyl sites for hydroxylation is 1. The Labute approximate surface area is 116 Å². The lowest BCUT2D eigenvalue weighted by atomic mass is 9.84. The van der Waals surface area contributed by atoms with Gasteiger partial charge in [-0.05, 0) is 41.2 Å². The lowest BCUT2D eigenvalue weighted by Gasteiger charge is -2.22. The summed E-state index contributed by atoms with van der Waals surface area (Å²) in [7, 11) is 0. The molecule has 0 atom stereocenters. The van der Waals surface area contributed by atoms with E-state index in [0.717, 1.165) is 18.4 Å². The van der Waals surface area contributed by atoms with Gasteiger partial charge in [-0.2, -0.15) is 0 Å². The molecule has 0 spiro atoms. The van der Waals surface area contributed by atoms with Crippen LogP contribution in [0, 0.1) is 0 Å². The van der Waals surface area contributed by atoms with Gasteiger partial charge in [-0.15, -0.1) is 0 Å². The second kappa shape index (κ2) is 4.07. The molecule has 0 fully saturated rings. The Morgan fingerprint density at radius 2 is 1.68 bits per heavy atom. The maximum absolute atomic E-state index is 6.38. The van der Waals surface area contributed by atoms with Crippen molar-refractivity contribution >= 4 is 22.5 Å². The Kier molecular flexibility index (Phi) is 2.36. The fourth-order valence-corrected chi connectivity index (χ4v) is 3.28. The zero-order valence-electron chi connectivity index (χ0n) is 10.4. The van der Waals surface area contributed by atoms with Crippen LogP contribution in [0.25, 0.3) is 22.0 Å². The molecule has 92 valence electrons. The number of para-hydroxylation sites is 1. The minimum atomic E-state index is 0.656. The molecule has 0 aliphatic heterocycles. The van der Waals surface area contributed by atoms with Crippen LogP contribution in [0.5, 0.6) is 0 Å². The van der Waals surface area contributed by atoms with Crippen molar-refractivity contribution in [2.75, 3.05) is 0 Å². The van der Waals surface area contributed by atoms with E-state index >= 15 is 0 Å². The van der Waals surface area contributed by atoms with Crippen LogP contribution in [0.4, 0.5) is 0 Å². The smallest absolute Gasteiger partial charge is 0.133 e. The zero-order valence-corrected chi connectivity index (χ0v) is 11.1. The average Bonchev–Trinajstić information content (AvgIpc) is 2.47. The van der Waals surface area contributed by atoms with Crippen LogP contribution in [-0.2, 0) is 12.8 Å². The summed E-state index contributed by atoms with van der Waals surface area (Å²) in [5.41, 5.74) is 6.16. The summed E-state index contributed by atoms with van der Waals surface area (Å²) in [4.78, 5) is 4.53. The van der Waals surface area contributed by atoms with Gasteiger partial charge in [0.1, 0.15) is 5.15 Å². The number of aromatic nitrogens is 1. The number of fused-ring (bicyclic) bond motifs is 5. The molecule has 1 aliphatic rings. The number of rotatable bonds is 0. The molecule has 0 saturated heterocycles. The highest BCUT2D eigenvalue weighted by atomic mass is 35.5. The fraction of sp³-hybridized carbons (Fsp3) is 0.118. The normalized spacial score (nSPS) is 13.1. The van der Waals surface area contributed by atoms with Crippen molar-refractivity contribution in [3.05, 3.63) is 64.8 Å². The second-order valence-electron chi connectivity index (χ2n) is 4.93. The van der Waals surface area contributed by atoms with Gasteiger partial charge in [0.15, 0.2) is 0 Å². The van der Waals surface area contributed by atoms with Crippen molar-refractivity contribution < 1.29 is 0 Å². The predicted octanol–water partition coefficient (Wildman–Crippen LogP) is 4.65. The van der Waals surface area contributed by atoms with E-state index in [0.29, 0.717) is 5.15 Å². The Bertz CT molecular complexity index is 792. The number of nitrogens with zero attached hydrogens (tertiary/aromatic N) is 1. The molecule has 0 N–H and O–H groups in total. The average molecular weight is 266 g/mol. The first-order valence-electron chi connectivity index (χ1n) is 6.50. The number of hydrogen-bond donors (Lipinski definition) is 0. The molecule has 1 nitrogen and oxygen atoms in total. The molecular weight excluding hydrogens is 254 g/mol. The largest absolute Gasteiger partial charge is 0.236 e. The summed E-state index contributed by atoms with van der Waals surface area (Å²) >= 11 is 6.38. The van der Waals surface area contributed by atoms with E-state index in [1.807, 2.05) is 12.1 Å². The van der Waals surface area contributed by atoms with E-state index in [1.54, 1.807) is 0 Å². The Balaban J connectivity index is 2.19. The van der Waals surface area contributed by atoms with Crippen LogP contribution < -0.4 is 0 Å². The van der Waals surface area contributed by atoms with Crippen molar-refractivity contribution in [1.29, 1.82) is 0 Å². The van der Waals surface area contributed by atoms with Crippen molar-refractivity contribution in [3.63, 3.8) is 0 Å². The molecule has 4 rings (SSSR count). The number of benzene rings is 2. The summed E-state index contributed by atoms with van der Waals surface area (Å²) in [6.45, 7) is 0. The summed E-state index contributed by atoms with van der Waals surface area (Å²) < 4.78 is 0. The van der Waals surface area contributed by atoms with E-state index < -0.39 is 0 Å². The lowest BCUT2D eigenvalue weighted by Crippen LogP contribution is -2.06. The Hall–Kier alpha value is -1.86. The zero-order chi connectivity index (χ0) is 12.8. The predicted molar refractivity (Wildman–Crippen MR) is 79.6 cm³/mol. The number of halogens is 1. The molecule has 0 bridgehead atoms. The summed E-state index contributed by atoms with van der Waals surface area (Å²) in [5.74, 6) is 0. The molecule has 1 aromatic heterocycles.